The van der Waals surface area contributed by atoms with Crippen LogP contribution in [0.5, 0.6) is 0 Å². The number of aryl methyl sites for hydroxylation is 1. The number of aliphatic hydroxyl groups is 1. The van der Waals surface area contributed by atoms with Crippen molar-refractivity contribution in [2.45, 2.75) is 77.2 Å². The van der Waals surface area contributed by atoms with Crippen LogP contribution in [0, 0.1) is 18.7 Å². The summed E-state index contributed by atoms with van der Waals surface area (Å²) in [6.07, 6.45) is 3.15. The molecule has 1 saturated carbocycles. The molecule has 3 unspecified atom stereocenters. The van der Waals surface area contributed by atoms with Crippen LogP contribution in [0.4, 0.5) is 4.39 Å². The number of halogens is 1. The van der Waals surface area contributed by atoms with E-state index in [4.69, 9.17) is 9.72 Å². The molecule has 210 valence electrons. The molecule has 3 aromatic rings. The first-order valence-electron chi connectivity index (χ1n) is 14.0. The van der Waals surface area contributed by atoms with Gasteiger partial charge in [-0.25, -0.2) is 9.37 Å². The van der Waals surface area contributed by atoms with E-state index in [9.17, 15) is 19.5 Å². The SMILES string of the molecule is CCC(C=O)c1cc2n(c(=O)c1COC)Cc1c-2nc2cc(F)c(C)c3c2c1C(N(C)C(=O)C(O)C1CC1)CC3. The zero-order valence-electron chi connectivity index (χ0n) is 23.3. The Morgan fingerprint density at radius 2 is 2.05 bits per heavy atom. The average Bonchev–Trinajstić information content (AvgIpc) is 3.74. The molecule has 0 radical (unpaired) electrons. The molecule has 40 heavy (non-hydrogen) atoms. The van der Waals surface area contributed by atoms with Gasteiger partial charge < -0.3 is 24.1 Å². The fraction of sp³-hybridized carbons (Fsp3) is 0.484. The summed E-state index contributed by atoms with van der Waals surface area (Å²) in [5.41, 5.74) is 5.55. The molecule has 3 heterocycles. The second-order valence-corrected chi connectivity index (χ2v) is 11.4. The van der Waals surface area contributed by atoms with Crippen LogP contribution in [0.25, 0.3) is 22.3 Å². The van der Waals surface area contributed by atoms with E-state index >= 15 is 4.39 Å². The van der Waals surface area contributed by atoms with Crippen molar-refractivity contribution in [3.8, 4) is 11.4 Å². The molecule has 1 amide bonds. The Morgan fingerprint density at radius 1 is 1.30 bits per heavy atom. The van der Waals surface area contributed by atoms with Gasteiger partial charge in [-0.1, -0.05) is 6.92 Å². The van der Waals surface area contributed by atoms with E-state index in [1.807, 2.05) is 13.0 Å². The lowest BCUT2D eigenvalue weighted by Crippen LogP contribution is -2.41. The number of likely N-dealkylation sites (N-methyl/N-ethyl adjacent to an activating group) is 1. The van der Waals surface area contributed by atoms with Gasteiger partial charge in [0, 0.05) is 42.7 Å². The van der Waals surface area contributed by atoms with E-state index < -0.39 is 12.0 Å². The molecule has 6 rings (SSSR count). The molecule has 2 aromatic heterocycles. The number of carbonyl (C=O) groups excluding carboxylic acids is 2. The molecule has 3 aliphatic rings. The van der Waals surface area contributed by atoms with Crippen molar-refractivity contribution in [1.29, 1.82) is 0 Å². The maximum Gasteiger partial charge on any atom is 0.257 e. The monoisotopic (exact) mass is 547 g/mol. The summed E-state index contributed by atoms with van der Waals surface area (Å²) < 4.78 is 22.1. The molecule has 9 heteroatoms. The van der Waals surface area contributed by atoms with Crippen LogP contribution in [-0.2, 0) is 33.9 Å². The van der Waals surface area contributed by atoms with Crippen LogP contribution in [0.2, 0.25) is 0 Å². The second kappa shape index (κ2) is 9.89. The van der Waals surface area contributed by atoms with Gasteiger partial charge in [0.05, 0.1) is 36.1 Å². The van der Waals surface area contributed by atoms with Crippen LogP contribution in [0.1, 0.15) is 77.9 Å². The van der Waals surface area contributed by atoms with Crippen molar-refractivity contribution in [3.63, 3.8) is 0 Å². The highest BCUT2D eigenvalue weighted by molar-refractivity contribution is 5.94. The van der Waals surface area contributed by atoms with E-state index in [2.05, 4.69) is 0 Å². The Bertz CT molecular complexity index is 1630. The second-order valence-electron chi connectivity index (χ2n) is 11.4. The number of aldehydes is 1. The van der Waals surface area contributed by atoms with Gasteiger partial charge in [0.25, 0.3) is 11.5 Å². The summed E-state index contributed by atoms with van der Waals surface area (Å²) in [4.78, 5) is 45.7. The number of rotatable bonds is 8. The minimum atomic E-state index is -1.04. The normalized spacial score (nSPS) is 18.8. The molecular formula is C31H34FN3O5. The summed E-state index contributed by atoms with van der Waals surface area (Å²) in [7, 11) is 3.24. The number of hydrogen-bond acceptors (Lipinski definition) is 6. The highest BCUT2D eigenvalue weighted by Crippen LogP contribution is 2.47. The summed E-state index contributed by atoms with van der Waals surface area (Å²) in [6.45, 7) is 3.98. The highest BCUT2D eigenvalue weighted by Gasteiger charge is 2.41. The number of fused-ring (bicyclic) bond motifs is 4. The Morgan fingerprint density at radius 3 is 2.70 bits per heavy atom. The van der Waals surface area contributed by atoms with Crippen molar-refractivity contribution in [2.24, 2.45) is 5.92 Å². The number of amides is 1. The Balaban J connectivity index is 1.60. The molecule has 0 spiro atoms. The van der Waals surface area contributed by atoms with Crippen LogP contribution < -0.4 is 5.56 Å². The maximum atomic E-state index is 15.1. The molecule has 1 N–H and O–H groups in total. The average molecular weight is 548 g/mol. The van der Waals surface area contributed by atoms with Crippen molar-refractivity contribution < 1.29 is 23.8 Å². The largest absolute Gasteiger partial charge is 0.383 e. The van der Waals surface area contributed by atoms with Gasteiger partial charge in [-0.05, 0) is 73.3 Å². The Hall–Kier alpha value is -3.43. The summed E-state index contributed by atoms with van der Waals surface area (Å²) in [6, 6.07) is 2.92. The van der Waals surface area contributed by atoms with Gasteiger partial charge in [-0.2, -0.15) is 0 Å². The fourth-order valence-electron chi connectivity index (χ4n) is 6.71. The molecule has 1 fully saturated rings. The first-order valence-corrected chi connectivity index (χ1v) is 14.0. The van der Waals surface area contributed by atoms with E-state index in [1.54, 1.807) is 23.4 Å². The van der Waals surface area contributed by atoms with Gasteiger partial charge in [-0.3, -0.25) is 9.59 Å². The number of benzene rings is 1. The summed E-state index contributed by atoms with van der Waals surface area (Å²) >= 11 is 0. The lowest BCUT2D eigenvalue weighted by atomic mass is 9.81. The highest BCUT2D eigenvalue weighted by atomic mass is 19.1. The van der Waals surface area contributed by atoms with Gasteiger partial charge in [-0.15, -0.1) is 0 Å². The van der Waals surface area contributed by atoms with Gasteiger partial charge in [0.1, 0.15) is 18.2 Å². The minimum Gasteiger partial charge on any atom is -0.383 e. The number of pyridine rings is 2. The first kappa shape index (κ1) is 26.8. The molecule has 2 aliphatic carbocycles. The molecular weight excluding hydrogens is 513 g/mol. The van der Waals surface area contributed by atoms with Crippen molar-refractivity contribution in [3.05, 3.63) is 61.7 Å². The number of nitrogens with zero attached hydrogens (tertiary/aromatic N) is 3. The van der Waals surface area contributed by atoms with E-state index in [0.29, 0.717) is 52.9 Å². The smallest absolute Gasteiger partial charge is 0.257 e. The van der Waals surface area contributed by atoms with Crippen LogP contribution in [0.3, 0.4) is 0 Å². The van der Waals surface area contributed by atoms with Gasteiger partial charge in [0.2, 0.25) is 0 Å². The summed E-state index contributed by atoms with van der Waals surface area (Å²) in [5, 5.41) is 11.5. The van der Waals surface area contributed by atoms with Crippen LogP contribution in [-0.4, -0.2) is 52.0 Å². The molecule has 0 bridgehead atoms. The number of aromatic nitrogens is 2. The van der Waals surface area contributed by atoms with Crippen molar-refractivity contribution in [1.82, 2.24) is 14.5 Å². The number of methoxy groups -OCH3 is 1. The third-order valence-corrected chi connectivity index (χ3v) is 9.17. The van der Waals surface area contributed by atoms with Crippen molar-refractivity contribution >= 4 is 23.1 Å². The van der Waals surface area contributed by atoms with E-state index in [-0.39, 0.29) is 42.4 Å². The van der Waals surface area contributed by atoms with Gasteiger partial charge in [0.15, 0.2) is 0 Å². The number of ether oxygens (including phenoxy) is 1. The first-order chi connectivity index (χ1) is 19.2. The third kappa shape index (κ3) is 3.93. The fourth-order valence-corrected chi connectivity index (χ4v) is 6.71. The number of aliphatic hydroxyl groups excluding tert-OH is 1. The zero-order chi connectivity index (χ0) is 28.5. The molecule has 8 nitrogen and oxygen atoms in total. The summed E-state index contributed by atoms with van der Waals surface area (Å²) in [5.74, 6) is -1.14. The topological polar surface area (TPSA) is 102 Å². The quantitative estimate of drug-likeness (QED) is 0.336. The molecule has 3 atom stereocenters. The lowest BCUT2D eigenvalue weighted by molar-refractivity contribution is -0.142. The number of hydrogen-bond donors (Lipinski definition) is 1. The number of carbonyl (C=O) groups is 2. The minimum absolute atomic E-state index is 0.00451. The van der Waals surface area contributed by atoms with Gasteiger partial charge >= 0.3 is 0 Å². The Kier molecular flexibility index (Phi) is 6.62. The third-order valence-electron chi connectivity index (χ3n) is 9.17. The Labute approximate surface area is 231 Å². The van der Waals surface area contributed by atoms with E-state index in [0.717, 1.165) is 41.2 Å². The van der Waals surface area contributed by atoms with E-state index in [1.165, 1.54) is 13.2 Å². The lowest BCUT2D eigenvalue weighted by Gasteiger charge is -2.36. The predicted octanol–water partition coefficient (Wildman–Crippen LogP) is 3.93. The standard InChI is InChI=1S/C31H34FN3O5/c1-5-16(13-36)19-10-25-28-20(12-35(25)30(38)21(19)14-40-4)27-24(34(3)31(39)29(37)17-6-7-17)9-8-18-15(2)22(32)11-23(33-28)26(18)27/h10-11,13,16-17,24,29,37H,5-9,12,14H2,1-4H3. The predicted molar refractivity (Wildman–Crippen MR) is 148 cm³/mol. The van der Waals surface area contributed by atoms with Crippen LogP contribution >= 0.6 is 0 Å². The zero-order valence-corrected chi connectivity index (χ0v) is 23.3. The van der Waals surface area contributed by atoms with Crippen LogP contribution in [0.15, 0.2) is 16.9 Å². The molecule has 0 saturated heterocycles. The van der Waals surface area contributed by atoms with Crippen molar-refractivity contribution in [2.75, 3.05) is 14.2 Å². The molecule has 1 aliphatic heterocycles. The maximum absolute atomic E-state index is 15.1. The molecule has 1 aromatic carbocycles.